The van der Waals surface area contributed by atoms with Crippen LogP contribution in [0.25, 0.3) is 0 Å². The molecule has 0 unspecified atom stereocenters. The number of carboxylic acids is 1. The molecule has 7 heteroatoms. The normalized spacial score (nSPS) is 22.9. The van der Waals surface area contributed by atoms with E-state index in [1.165, 1.54) is 0 Å². The van der Waals surface area contributed by atoms with E-state index in [0.29, 0.717) is 10.5 Å². The number of amides is 1. The first-order chi connectivity index (χ1) is 9.32. The molecule has 0 aliphatic carbocycles. The number of halogens is 3. The number of benzene rings is 1. The molecule has 4 nitrogen and oxygen atoms in total. The van der Waals surface area contributed by atoms with Crippen LogP contribution < -0.4 is 0 Å². The van der Waals surface area contributed by atoms with Gasteiger partial charge in [0.05, 0.1) is 6.04 Å². The Bertz CT molecular complexity index is 515. The van der Waals surface area contributed by atoms with Crippen LogP contribution in [-0.4, -0.2) is 34.1 Å². The minimum Gasteiger partial charge on any atom is -0.480 e. The van der Waals surface area contributed by atoms with Gasteiger partial charge in [0.2, 0.25) is 0 Å². The summed E-state index contributed by atoms with van der Waals surface area (Å²) in [4.78, 5) is 23.0. The van der Waals surface area contributed by atoms with Crippen LogP contribution in [0.4, 0.5) is 13.2 Å². The summed E-state index contributed by atoms with van der Waals surface area (Å²) in [6.07, 6.45) is -4.87. The maximum Gasteiger partial charge on any atom is 0.471 e. The van der Waals surface area contributed by atoms with Gasteiger partial charge in [0, 0.05) is 0 Å². The topological polar surface area (TPSA) is 57.6 Å². The highest BCUT2D eigenvalue weighted by molar-refractivity contribution is 5.88. The van der Waals surface area contributed by atoms with Gasteiger partial charge in [-0.2, -0.15) is 13.2 Å². The van der Waals surface area contributed by atoms with Crippen molar-refractivity contribution in [2.45, 2.75) is 31.1 Å². The van der Waals surface area contributed by atoms with Gasteiger partial charge in [-0.1, -0.05) is 30.3 Å². The van der Waals surface area contributed by atoms with Crippen molar-refractivity contribution in [1.29, 1.82) is 0 Å². The SMILES string of the molecule is O=C(O)[C@@H]1CC[C@@H](c2ccccc2)N1C(=O)C(F)(F)F. The Morgan fingerprint density at radius 3 is 2.25 bits per heavy atom. The van der Waals surface area contributed by atoms with Gasteiger partial charge in [-0.25, -0.2) is 4.79 Å². The highest BCUT2D eigenvalue weighted by Gasteiger charge is 2.51. The van der Waals surface area contributed by atoms with Crippen molar-refractivity contribution in [3.8, 4) is 0 Å². The average Bonchev–Trinajstić information content (AvgIpc) is 2.82. The van der Waals surface area contributed by atoms with E-state index >= 15 is 0 Å². The third-order valence-electron chi connectivity index (χ3n) is 3.33. The molecule has 0 saturated carbocycles. The number of hydrogen-bond donors (Lipinski definition) is 1. The van der Waals surface area contributed by atoms with E-state index in [4.69, 9.17) is 5.11 Å². The zero-order valence-corrected chi connectivity index (χ0v) is 10.3. The third kappa shape index (κ3) is 2.61. The van der Waals surface area contributed by atoms with Gasteiger partial charge in [0.25, 0.3) is 0 Å². The molecule has 0 bridgehead atoms. The largest absolute Gasteiger partial charge is 0.480 e. The van der Waals surface area contributed by atoms with Gasteiger partial charge in [-0.05, 0) is 18.4 Å². The van der Waals surface area contributed by atoms with Gasteiger partial charge >= 0.3 is 18.1 Å². The van der Waals surface area contributed by atoms with Gasteiger partial charge < -0.3 is 10.0 Å². The fraction of sp³-hybridized carbons (Fsp3) is 0.385. The van der Waals surface area contributed by atoms with Crippen LogP contribution >= 0.6 is 0 Å². The lowest BCUT2D eigenvalue weighted by atomic mass is 10.0. The van der Waals surface area contributed by atoms with Crippen LogP contribution in [0.1, 0.15) is 24.4 Å². The van der Waals surface area contributed by atoms with Gasteiger partial charge in [0.15, 0.2) is 0 Å². The third-order valence-corrected chi connectivity index (χ3v) is 3.33. The van der Waals surface area contributed by atoms with Crippen LogP contribution in [0.5, 0.6) is 0 Å². The van der Waals surface area contributed by atoms with Crippen molar-refractivity contribution in [3.63, 3.8) is 0 Å². The van der Waals surface area contributed by atoms with Crippen LogP contribution in [0.3, 0.4) is 0 Å². The van der Waals surface area contributed by atoms with Gasteiger partial charge in [-0.3, -0.25) is 4.79 Å². The molecular weight excluding hydrogens is 275 g/mol. The molecule has 1 aromatic carbocycles. The number of alkyl halides is 3. The highest BCUT2D eigenvalue weighted by atomic mass is 19.4. The minimum absolute atomic E-state index is 0.0106. The number of carboxylic acid groups (broad SMARTS) is 1. The number of nitrogens with zero attached hydrogens (tertiary/aromatic N) is 1. The number of likely N-dealkylation sites (tertiary alicyclic amines) is 1. The van der Waals surface area contributed by atoms with Gasteiger partial charge in [-0.15, -0.1) is 0 Å². The quantitative estimate of drug-likeness (QED) is 0.908. The highest BCUT2D eigenvalue weighted by Crippen LogP contribution is 2.38. The molecule has 2 rings (SSSR count). The summed E-state index contributed by atoms with van der Waals surface area (Å²) < 4.78 is 37.9. The molecule has 2 atom stereocenters. The van der Waals surface area contributed by atoms with Crippen molar-refractivity contribution in [3.05, 3.63) is 35.9 Å². The molecule has 1 saturated heterocycles. The standard InChI is InChI=1S/C13H12F3NO3/c14-13(15,16)12(20)17-9(6-7-10(17)11(18)19)8-4-2-1-3-5-8/h1-5,9-10H,6-7H2,(H,18,19)/t9-,10-/m0/s1. The van der Waals surface area contributed by atoms with E-state index in [1.54, 1.807) is 30.3 Å². The minimum atomic E-state index is -5.08. The predicted molar refractivity (Wildman–Crippen MR) is 62.7 cm³/mol. The Kier molecular flexibility index (Phi) is 3.69. The number of aliphatic carboxylic acids is 1. The second-order valence-electron chi connectivity index (χ2n) is 4.57. The lowest BCUT2D eigenvalue weighted by molar-refractivity contribution is -0.190. The van der Waals surface area contributed by atoms with Crippen molar-refractivity contribution in [2.75, 3.05) is 0 Å². The lowest BCUT2D eigenvalue weighted by Gasteiger charge is -2.29. The molecule has 0 radical (unpaired) electrons. The van der Waals surface area contributed by atoms with E-state index in [-0.39, 0.29) is 12.8 Å². The Morgan fingerprint density at radius 1 is 1.15 bits per heavy atom. The number of hydrogen-bond acceptors (Lipinski definition) is 2. The van der Waals surface area contributed by atoms with E-state index in [0.717, 1.165) is 0 Å². The zero-order valence-electron chi connectivity index (χ0n) is 10.3. The van der Waals surface area contributed by atoms with Crippen molar-refractivity contribution < 1.29 is 27.9 Å². The first-order valence-electron chi connectivity index (χ1n) is 5.99. The average molecular weight is 287 g/mol. The van der Waals surface area contributed by atoms with E-state index < -0.39 is 30.1 Å². The van der Waals surface area contributed by atoms with Crippen LogP contribution in [0.2, 0.25) is 0 Å². The predicted octanol–water partition coefficient (Wildman–Crippen LogP) is 2.37. The molecule has 1 heterocycles. The number of rotatable bonds is 2. The lowest BCUT2D eigenvalue weighted by Crippen LogP contribution is -2.47. The first-order valence-corrected chi connectivity index (χ1v) is 5.99. The molecular formula is C13H12F3NO3. The van der Waals surface area contributed by atoms with Gasteiger partial charge in [0.1, 0.15) is 6.04 Å². The Balaban J connectivity index is 2.38. The molecule has 1 aliphatic heterocycles. The summed E-state index contributed by atoms with van der Waals surface area (Å²) in [7, 11) is 0. The van der Waals surface area contributed by atoms with Crippen molar-refractivity contribution >= 4 is 11.9 Å². The van der Waals surface area contributed by atoms with Crippen LogP contribution in [0, 0.1) is 0 Å². The molecule has 1 aromatic rings. The zero-order chi connectivity index (χ0) is 14.9. The summed E-state index contributed by atoms with van der Waals surface area (Å²) in [6, 6.07) is 5.86. The Morgan fingerprint density at radius 2 is 1.75 bits per heavy atom. The van der Waals surface area contributed by atoms with E-state index in [1.807, 2.05) is 0 Å². The summed E-state index contributed by atoms with van der Waals surface area (Å²) >= 11 is 0. The second kappa shape index (κ2) is 5.15. The second-order valence-corrected chi connectivity index (χ2v) is 4.57. The maximum atomic E-state index is 12.6. The number of carbonyl (C=O) groups is 2. The van der Waals surface area contributed by atoms with Crippen molar-refractivity contribution in [2.24, 2.45) is 0 Å². The molecule has 1 fully saturated rings. The van der Waals surface area contributed by atoms with Crippen LogP contribution in [-0.2, 0) is 9.59 Å². The fourth-order valence-corrected chi connectivity index (χ4v) is 2.49. The molecule has 1 amide bonds. The summed E-state index contributed by atoms with van der Waals surface area (Å²) in [5.41, 5.74) is 0.508. The fourth-order valence-electron chi connectivity index (χ4n) is 2.49. The smallest absolute Gasteiger partial charge is 0.471 e. The molecule has 108 valence electrons. The summed E-state index contributed by atoms with van der Waals surface area (Å²) in [5, 5.41) is 9.00. The summed E-state index contributed by atoms with van der Waals surface area (Å²) in [6.45, 7) is 0. The molecule has 1 aliphatic rings. The molecule has 1 N–H and O–H groups in total. The van der Waals surface area contributed by atoms with E-state index in [9.17, 15) is 22.8 Å². The van der Waals surface area contributed by atoms with Crippen molar-refractivity contribution in [1.82, 2.24) is 4.90 Å². The Labute approximate surface area is 112 Å². The molecule has 0 spiro atoms. The first kappa shape index (κ1) is 14.4. The summed E-state index contributed by atoms with van der Waals surface area (Å²) in [5.74, 6) is -3.52. The van der Waals surface area contributed by atoms with E-state index in [2.05, 4.69) is 0 Å². The molecule has 20 heavy (non-hydrogen) atoms. The maximum absolute atomic E-state index is 12.6. The molecule has 0 aromatic heterocycles. The monoisotopic (exact) mass is 287 g/mol. The van der Waals surface area contributed by atoms with Crippen LogP contribution in [0.15, 0.2) is 30.3 Å². The Hall–Kier alpha value is -2.05. The number of carbonyl (C=O) groups excluding carboxylic acids is 1.